The molecular weight excluding hydrogens is 180 g/mol. The predicted molar refractivity (Wildman–Crippen MR) is 53.5 cm³/mol. The molecule has 0 aliphatic rings. The molecule has 0 aliphatic carbocycles. The molecule has 0 spiro atoms. The second-order valence-electron chi connectivity index (χ2n) is 3.24. The first-order chi connectivity index (χ1) is 6.50. The lowest BCUT2D eigenvalue weighted by Gasteiger charge is -2.24. The molecule has 0 radical (unpaired) electrons. The molecule has 0 fully saturated rings. The van der Waals surface area contributed by atoms with Gasteiger partial charge in [0.1, 0.15) is 11.3 Å². The number of aromatic hydroxyl groups is 1. The Bertz CT molecular complexity index is 334. The van der Waals surface area contributed by atoms with E-state index in [0.717, 1.165) is 0 Å². The number of nitrogens with two attached hydrogens (primary N) is 2. The van der Waals surface area contributed by atoms with Crippen LogP contribution in [0.15, 0.2) is 24.3 Å². The zero-order valence-electron chi connectivity index (χ0n) is 8.03. The van der Waals surface area contributed by atoms with Gasteiger partial charge in [0.15, 0.2) is 0 Å². The van der Waals surface area contributed by atoms with E-state index in [1.54, 1.807) is 19.1 Å². The summed E-state index contributed by atoms with van der Waals surface area (Å²) in [6, 6.07) is 6.16. The Morgan fingerprint density at radius 2 is 1.93 bits per heavy atom. The third-order valence-corrected chi connectivity index (χ3v) is 2.38. The quantitative estimate of drug-likeness (QED) is 0.652. The molecule has 4 nitrogen and oxygen atoms in total. The van der Waals surface area contributed by atoms with Crippen LogP contribution in [0.5, 0.6) is 5.75 Å². The van der Waals surface area contributed by atoms with Crippen molar-refractivity contribution in [1.29, 1.82) is 0 Å². The van der Waals surface area contributed by atoms with Crippen LogP contribution in [0.4, 0.5) is 0 Å². The van der Waals surface area contributed by atoms with Crippen molar-refractivity contribution < 1.29 is 9.90 Å². The summed E-state index contributed by atoms with van der Waals surface area (Å²) in [5, 5.41) is 9.08. The van der Waals surface area contributed by atoms with Crippen LogP contribution in [0, 0.1) is 0 Å². The summed E-state index contributed by atoms with van der Waals surface area (Å²) in [4.78, 5) is 11.2. The number of carbonyl (C=O) groups excluding carboxylic acids is 1. The van der Waals surface area contributed by atoms with Crippen LogP contribution < -0.4 is 11.5 Å². The SMILES string of the molecule is CCC(N)(C(N)=O)c1ccc(O)cc1. The summed E-state index contributed by atoms with van der Waals surface area (Å²) in [5.41, 5.74) is 10.6. The maximum absolute atomic E-state index is 11.2. The van der Waals surface area contributed by atoms with Crippen molar-refractivity contribution in [3.63, 3.8) is 0 Å². The van der Waals surface area contributed by atoms with Gasteiger partial charge in [-0.1, -0.05) is 19.1 Å². The first kappa shape index (κ1) is 10.5. The van der Waals surface area contributed by atoms with E-state index in [1.165, 1.54) is 12.1 Å². The molecule has 5 N–H and O–H groups in total. The van der Waals surface area contributed by atoms with E-state index in [9.17, 15) is 4.79 Å². The van der Waals surface area contributed by atoms with Gasteiger partial charge in [0, 0.05) is 0 Å². The Morgan fingerprint density at radius 3 is 2.29 bits per heavy atom. The molecule has 1 rings (SSSR count). The summed E-state index contributed by atoms with van der Waals surface area (Å²) in [6.07, 6.45) is 0.424. The van der Waals surface area contributed by atoms with E-state index in [4.69, 9.17) is 16.6 Å². The fraction of sp³-hybridized carbons (Fsp3) is 0.300. The second-order valence-corrected chi connectivity index (χ2v) is 3.24. The molecule has 14 heavy (non-hydrogen) atoms. The summed E-state index contributed by atoms with van der Waals surface area (Å²) in [5.74, 6) is -0.428. The Labute approximate surface area is 82.5 Å². The Morgan fingerprint density at radius 1 is 1.43 bits per heavy atom. The van der Waals surface area contributed by atoms with Crippen molar-refractivity contribution in [2.45, 2.75) is 18.9 Å². The van der Waals surface area contributed by atoms with Gasteiger partial charge in [-0.15, -0.1) is 0 Å². The molecule has 0 heterocycles. The highest BCUT2D eigenvalue weighted by molar-refractivity contribution is 5.85. The van der Waals surface area contributed by atoms with Crippen LogP contribution in [0.3, 0.4) is 0 Å². The molecule has 1 atom stereocenters. The highest BCUT2D eigenvalue weighted by Gasteiger charge is 2.31. The van der Waals surface area contributed by atoms with Crippen LogP contribution in [-0.2, 0) is 10.3 Å². The molecule has 1 aromatic carbocycles. The van der Waals surface area contributed by atoms with Crippen molar-refractivity contribution in [2.75, 3.05) is 0 Å². The minimum atomic E-state index is -1.15. The molecule has 0 aromatic heterocycles. The summed E-state index contributed by atoms with van der Waals surface area (Å²) >= 11 is 0. The van der Waals surface area contributed by atoms with Crippen LogP contribution in [-0.4, -0.2) is 11.0 Å². The van der Waals surface area contributed by atoms with E-state index >= 15 is 0 Å². The van der Waals surface area contributed by atoms with Crippen molar-refractivity contribution in [3.8, 4) is 5.75 Å². The van der Waals surface area contributed by atoms with Gasteiger partial charge >= 0.3 is 0 Å². The summed E-state index contributed by atoms with van der Waals surface area (Å²) < 4.78 is 0. The standard InChI is InChI=1S/C10H14N2O2/c1-2-10(12,9(11)14)7-3-5-8(13)6-4-7/h3-6,13H,2,12H2,1H3,(H2,11,14). The second kappa shape index (κ2) is 3.67. The third-order valence-electron chi connectivity index (χ3n) is 2.38. The van der Waals surface area contributed by atoms with E-state index in [0.29, 0.717) is 12.0 Å². The van der Waals surface area contributed by atoms with Crippen LogP contribution in [0.2, 0.25) is 0 Å². The zero-order chi connectivity index (χ0) is 10.8. The number of carbonyl (C=O) groups is 1. The predicted octanol–water partition coefficient (Wildman–Crippen LogP) is 0.442. The fourth-order valence-electron chi connectivity index (χ4n) is 1.28. The lowest BCUT2D eigenvalue weighted by atomic mass is 9.88. The monoisotopic (exact) mass is 194 g/mol. The van der Waals surface area contributed by atoms with E-state index in [1.807, 2.05) is 0 Å². The molecule has 0 bridgehead atoms. The molecule has 1 amide bonds. The molecule has 0 saturated carbocycles. The zero-order valence-corrected chi connectivity index (χ0v) is 8.03. The molecular formula is C10H14N2O2. The van der Waals surface area contributed by atoms with Gasteiger partial charge in [-0.3, -0.25) is 4.79 Å². The van der Waals surface area contributed by atoms with Gasteiger partial charge in [0.25, 0.3) is 0 Å². The number of phenols is 1. The Kier molecular flexibility index (Phi) is 2.76. The van der Waals surface area contributed by atoms with Crippen LogP contribution in [0.1, 0.15) is 18.9 Å². The largest absolute Gasteiger partial charge is 0.508 e. The van der Waals surface area contributed by atoms with Gasteiger partial charge < -0.3 is 16.6 Å². The van der Waals surface area contributed by atoms with Crippen molar-refractivity contribution in [2.24, 2.45) is 11.5 Å². The number of phenolic OH excluding ortho intramolecular Hbond substituents is 1. The van der Waals surface area contributed by atoms with Gasteiger partial charge in [-0.05, 0) is 24.1 Å². The minimum Gasteiger partial charge on any atom is -0.508 e. The van der Waals surface area contributed by atoms with E-state index < -0.39 is 11.4 Å². The fourth-order valence-corrected chi connectivity index (χ4v) is 1.28. The average molecular weight is 194 g/mol. The minimum absolute atomic E-state index is 0.136. The Hall–Kier alpha value is -1.55. The maximum atomic E-state index is 11.2. The number of amides is 1. The molecule has 1 unspecified atom stereocenters. The average Bonchev–Trinajstić information content (AvgIpc) is 2.17. The number of hydrogen-bond acceptors (Lipinski definition) is 3. The van der Waals surface area contributed by atoms with Crippen LogP contribution in [0.25, 0.3) is 0 Å². The topological polar surface area (TPSA) is 89.3 Å². The normalized spacial score (nSPS) is 14.7. The van der Waals surface area contributed by atoms with Crippen LogP contribution >= 0.6 is 0 Å². The van der Waals surface area contributed by atoms with Gasteiger partial charge in [-0.2, -0.15) is 0 Å². The van der Waals surface area contributed by atoms with Crippen molar-refractivity contribution >= 4 is 5.91 Å². The molecule has 0 saturated heterocycles. The Balaban J connectivity index is 3.13. The lowest BCUT2D eigenvalue weighted by Crippen LogP contribution is -2.48. The molecule has 76 valence electrons. The third kappa shape index (κ3) is 1.70. The first-order valence-electron chi connectivity index (χ1n) is 4.39. The number of rotatable bonds is 3. The van der Waals surface area contributed by atoms with E-state index in [2.05, 4.69) is 0 Å². The first-order valence-corrected chi connectivity index (χ1v) is 4.39. The van der Waals surface area contributed by atoms with Crippen molar-refractivity contribution in [3.05, 3.63) is 29.8 Å². The highest BCUT2D eigenvalue weighted by Crippen LogP contribution is 2.23. The number of benzene rings is 1. The van der Waals surface area contributed by atoms with Gasteiger partial charge in [-0.25, -0.2) is 0 Å². The van der Waals surface area contributed by atoms with Crippen molar-refractivity contribution in [1.82, 2.24) is 0 Å². The molecule has 0 aliphatic heterocycles. The number of hydrogen-bond donors (Lipinski definition) is 3. The maximum Gasteiger partial charge on any atom is 0.242 e. The highest BCUT2D eigenvalue weighted by atomic mass is 16.3. The van der Waals surface area contributed by atoms with E-state index in [-0.39, 0.29) is 5.75 Å². The lowest BCUT2D eigenvalue weighted by molar-refractivity contribution is -0.123. The molecule has 4 heteroatoms. The number of primary amides is 1. The van der Waals surface area contributed by atoms with Gasteiger partial charge in [0.05, 0.1) is 0 Å². The summed E-state index contributed by atoms with van der Waals surface area (Å²) in [7, 11) is 0. The smallest absolute Gasteiger partial charge is 0.242 e. The molecule has 1 aromatic rings. The van der Waals surface area contributed by atoms with Gasteiger partial charge in [0.2, 0.25) is 5.91 Å². The summed E-state index contributed by atoms with van der Waals surface area (Å²) in [6.45, 7) is 1.79.